The monoisotopic (exact) mass is 337 g/mol. The van der Waals surface area contributed by atoms with E-state index in [2.05, 4.69) is 14.9 Å². The molecule has 0 saturated heterocycles. The van der Waals surface area contributed by atoms with Gasteiger partial charge in [-0.25, -0.2) is 0 Å². The summed E-state index contributed by atoms with van der Waals surface area (Å²) >= 11 is 0.936. The molecule has 2 rings (SSSR count). The molecule has 1 heterocycles. The largest absolute Gasteiger partial charge is 0.493 e. The lowest BCUT2D eigenvalue weighted by atomic mass is 10.0. The summed E-state index contributed by atoms with van der Waals surface area (Å²) in [6.45, 7) is 0. The van der Waals surface area contributed by atoms with Crippen molar-refractivity contribution in [2.24, 2.45) is 0 Å². The molecule has 0 radical (unpaired) electrons. The van der Waals surface area contributed by atoms with Crippen LogP contribution < -0.4 is 14.8 Å². The van der Waals surface area contributed by atoms with Crippen LogP contribution in [0.15, 0.2) is 24.4 Å². The number of carbonyl (C=O) groups is 2. The normalized spacial score (nSPS) is 11.6. The lowest BCUT2D eigenvalue weighted by Crippen LogP contribution is -2.29. The van der Waals surface area contributed by atoms with Gasteiger partial charge in [-0.15, -0.1) is 5.10 Å². The Kier molecular flexibility index (Phi) is 5.47. The van der Waals surface area contributed by atoms with Gasteiger partial charge < -0.3 is 19.9 Å². The third kappa shape index (κ3) is 4.16. The summed E-state index contributed by atoms with van der Waals surface area (Å²) in [5.74, 6) is -0.494. The smallest absolute Gasteiger partial charge is 0.305 e. The Hall–Kier alpha value is -2.68. The van der Waals surface area contributed by atoms with Crippen LogP contribution in [0.5, 0.6) is 11.5 Å². The van der Waals surface area contributed by atoms with E-state index in [0.29, 0.717) is 21.9 Å². The van der Waals surface area contributed by atoms with E-state index < -0.39 is 17.9 Å². The number of carbonyl (C=O) groups excluding carboxylic acids is 1. The highest BCUT2D eigenvalue weighted by Crippen LogP contribution is 2.31. The molecule has 1 aromatic heterocycles. The van der Waals surface area contributed by atoms with Crippen molar-refractivity contribution in [2.75, 3.05) is 14.2 Å². The molecule has 8 nitrogen and oxygen atoms in total. The third-order valence-electron chi connectivity index (χ3n) is 3.08. The van der Waals surface area contributed by atoms with Crippen LogP contribution in [0.1, 0.15) is 27.7 Å². The minimum Gasteiger partial charge on any atom is -0.493 e. The fourth-order valence-electron chi connectivity index (χ4n) is 1.99. The summed E-state index contributed by atoms with van der Waals surface area (Å²) in [4.78, 5) is 23.5. The maximum Gasteiger partial charge on any atom is 0.305 e. The van der Waals surface area contributed by atoms with Crippen molar-refractivity contribution in [3.63, 3.8) is 0 Å². The SMILES string of the molecule is COc1ccc(C(CC(=O)O)NC(=O)c2cnns2)cc1OC. The van der Waals surface area contributed by atoms with Crippen molar-refractivity contribution in [1.29, 1.82) is 0 Å². The van der Waals surface area contributed by atoms with E-state index in [1.807, 2.05) is 0 Å². The van der Waals surface area contributed by atoms with Gasteiger partial charge in [0.05, 0.1) is 32.9 Å². The molecule has 1 unspecified atom stereocenters. The minimum absolute atomic E-state index is 0.270. The second-order valence-corrected chi connectivity index (χ2v) is 5.31. The molecule has 9 heteroatoms. The van der Waals surface area contributed by atoms with Gasteiger partial charge in [0.2, 0.25) is 0 Å². The number of aromatic nitrogens is 2. The molecule has 0 aliphatic carbocycles. The second-order valence-electron chi connectivity index (χ2n) is 4.52. The van der Waals surface area contributed by atoms with E-state index in [4.69, 9.17) is 14.6 Å². The molecule has 0 aliphatic rings. The molecular formula is C14H15N3O5S. The van der Waals surface area contributed by atoms with Crippen LogP contribution in [0, 0.1) is 0 Å². The molecular weight excluding hydrogens is 322 g/mol. The Morgan fingerprint density at radius 1 is 1.30 bits per heavy atom. The topological polar surface area (TPSA) is 111 Å². The van der Waals surface area contributed by atoms with Gasteiger partial charge in [0, 0.05) is 0 Å². The molecule has 0 saturated carbocycles. The van der Waals surface area contributed by atoms with Crippen LogP contribution in [0.3, 0.4) is 0 Å². The number of rotatable bonds is 7. The predicted octanol–water partition coefficient (Wildman–Crippen LogP) is 1.50. The zero-order valence-electron chi connectivity index (χ0n) is 12.5. The molecule has 2 aromatic rings. The lowest BCUT2D eigenvalue weighted by molar-refractivity contribution is -0.137. The minimum atomic E-state index is -1.03. The summed E-state index contributed by atoms with van der Waals surface area (Å²) in [6.07, 6.45) is 1.06. The number of nitrogens with zero attached hydrogens (tertiary/aromatic N) is 2. The Labute approximate surface area is 136 Å². The number of carboxylic acids is 1. The summed E-state index contributed by atoms with van der Waals surface area (Å²) in [7, 11) is 2.99. The van der Waals surface area contributed by atoms with Gasteiger partial charge in [0.15, 0.2) is 11.5 Å². The van der Waals surface area contributed by atoms with E-state index in [9.17, 15) is 9.59 Å². The first-order chi connectivity index (χ1) is 11.0. The molecule has 0 aliphatic heterocycles. The maximum atomic E-state index is 12.1. The number of nitrogens with one attached hydrogen (secondary N) is 1. The standard InChI is InChI=1S/C14H15N3O5S/c1-21-10-4-3-8(5-11(10)22-2)9(6-13(18)19)16-14(20)12-7-15-17-23-12/h3-5,7,9H,6H2,1-2H3,(H,16,20)(H,18,19). The maximum absolute atomic E-state index is 12.1. The number of methoxy groups -OCH3 is 2. The average molecular weight is 337 g/mol. The molecule has 1 aromatic carbocycles. The Morgan fingerprint density at radius 3 is 2.61 bits per heavy atom. The van der Waals surface area contributed by atoms with Crippen molar-refractivity contribution < 1.29 is 24.2 Å². The van der Waals surface area contributed by atoms with Gasteiger partial charge >= 0.3 is 5.97 Å². The number of amides is 1. The van der Waals surface area contributed by atoms with Crippen molar-refractivity contribution in [3.8, 4) is 11.5 Å². The quantitative estimate of drug-likeness (QED) is 0.787. The Morgan fingerprint density at radius 2 is 2.04 bits per heavy atom. The van der Waals surface area contributed by atoms with Gasteiger partial charge in [-0.2, -0.15) is 0 Å². The number of benzene rings is 1. The van der Waals surface area contributed by atoms with Gasteiger partial charge in [0.25, 0.3) is 5.91 Å². The molecule has 23 heavy (non-hydrogen) atoms. The molecule has 0 fully saturated rings. The van der Waals surface area contributed by atoms with Gasteiger partial charge in [-0.05, 0) is 29.2 Å². The fraction of sp³-hybridized carbons (Fsp3) is 0.286. The van der Waals surface area contributed by atoms with E-state index in [-0.39, 0.29) is 6.42 Å². The Bertz CT molecular complexity index is 690. The molecule has 0 bridgehead atoms. The number of hydrogen-bond acceptors (Lipinski definition) is 7. The lowest BCUT2D eigenvalue weighted by Gasteiger charge is -2.18. The first-order valence-corrected chi connectivity index (χ1v) is 7.34. The average Bonchev–Trinajstić information content (AvgIpc) is 3.07. The van der Waals surface area contributed by atoms with E-state index in [0.717, 1.165) is 11.5 Å². The summed E-state index contributed by atoms with van der Waals surface area (Å²) in [5.41, 5.74) is 0.593. The Balaban J connectivity index is 2.27. The van der Waals surface area contributed by atoms with Crippen LogP contribution in [-0.4, -0.2) is 40.8 Å². The van der Waals surface area contributed by atoms with Gasteiger partial charge in [0.1, 0.15) is 4.88 Å². The molecule has 1 atom stereocenters. The first kappa shape index (κ1) is 16.7. The molecule has 2 N–H and O–H groups in total. The highest BCUT2D eigenvalue weighted by molar-refractivity contribution is 7.07. The van der Waals surface area contributed by atoms with E-state index >= 15 is 0 Å². The van der Waals surface area contributed by atoms with Crippen molar-refractivity contribution >= 4 is 23.4 Å². The zero-order chi connectivity index (χ0) is 16.8. The molecule has 0 spiro atoms. The number of aliphatic carboxylic acids is 1. The zero-order valence-corrected chi connectivity index (χ0v) is 13.3. The van der Waals surface area contributed by atoms with Gasteiger partial charge in [-0.1, -0.05) is 10.6 Å². The second kappa shape index (κ2) is 7.54. The van der Waals surface area contributed by atoms with Gasteiger partial charge in [-0.3, -0.25) is 9.59 Å². The number of carboxylic acid groups (broad SMARTS) is 1. The molecule has 122 valence electrons. The van der Waals surface area contributed by atoms with Crippen molar-refractivity contribution in [3.05, 3.63) is 34.8 Å². The highest BCUT2D eigenvalue weighted by atomic mass is 32.1. The number of hydrogen-bond donors (Lipinski definition) is 2. The molecule has 1 amide bonds. The predicted molar refractivity (Wildman–Crippen MR) is 81.9 cm³/mol. The van der Waals surface area contributed by atoms with Crippen molar-refractivity contribution in [2.45, 2.75) is 12.5 Å². The fourth-order valence-corrected chi connectivity index (χ4v) is 2.41. The highest BCUT2D eigenvalue weighted by Gasteiger charge is 2.21. The van der Waals surface area contributed by atoms with Crippen LogP contribution in [-0.2, 0) is 4.79 Å². The van der Waals surface area contributed by atoms with Crippen LogP contribution in [0.4, 0.5) is 0 Å². The first-order valence-electron chi connectivity index (χ1n) is 6.57. The van der Waals surface area contributed by atoms with Crippen LogP contribution >= 0.6 is 11.5 Å². The van der Waals surface area contributed by atoms with E-state index in [1.165, 1.54) is 20.4 Å². The number of ether oxygens (including phenoxy) is 2. The van der Waals surface area contributed by atoms with Crippen LogP contribution in [0.2, 0.25) is 0 Å². The third-order valence-corrected chi connectivity index (χ3v) is 3.74. The van der Waals surface area contributed by atoms with Crippen LogP contribution in [0.25, 0.3) is 0 Å². The summed E-state index contributed by atoms with van der Waals surface area (Å²) in [5, 5.41) is 15.3. The summed E-state index contributed by atoms with van der Waals surface area (Å²) < 4.78 is 14.0. The summed E-state index contributed by atoms with van der Waals surface area (Å²) in [6, 6.07) is 4.25. The van der Waals surface area contributed by atoms with E-state index in [1.54, 1.807) is 18.2 Å². The van der Waals surface area contributed by atoms with Crippen molar-refractivity contribution in [1.82, 2.24) is 14.9 Å².